The number of nitrogens with zero attached hydrogens (tertiary/aromatic N) is 1. The number of nitrogens with one attached hydrogen (secondary N) is 1. The standard InChI is InChI=1S/C14H28N2O3/c1-10(2)12(9-18-6)15-11-7-16(8-11)13(17)19-14(3,4)5/h10-12,15H,7-9H2,1-6H3. The van der Waals surface area contributed by atoms with Crippen LogP contribution in [0.2, 0.25) is 0 Å². The molecule has 1 heterocycles. The second-order valence-electron chi connectivity index (χ2n) is 6.55. The van der Waals surface area contributed by atoms with Crippen molar-refractivity contribution in [2.75, 3.05) is 26.8 Å². The SMILES string of the molecule is COCC(NC1CN(C(=O)OC(C)(C)C)C1)C(C)C. The molecule has 0 radical (unpaired) electrons. The molecular formula is C14H28N2O3. The van der Waals surface area contributed by atoms with Gasteiger partial charge in [0.1, 0.15) is 5.60 Å². The van der Waals surface area contributed by atoms with Crippen molar-refractivity contribution < 1.29 is 14.3 Å². The van der Waals surface area contributed by atoms with E-state index in [1.54, 1.807) is 12.0 Å². The third-order valence-electron chi connectivity index (χ3n) is 3.13. The molecule has 0 aromatic heterocycles. The molecule has 112 valence electrons. The van der Waals surface area contributed by atoms with Gasteiger partial charge in [0, 0.05) is 32.3 Å². The number of amides is 1. The van der Waals surface area contributed by atoms with Crippen LogP contribution in [-0.2, 0) is 9.47 Å². The third kappa shape index (κ3) is 5.37. The van der Waals surface area contributed by atoms with Gasteiger partial charge < -0.3 is 19.7 Å². The number of carbonyl (C=O) groups excluding carboxylic acids is 1. The van der Waals surface area contributed by atoms with Crippen LogP contribution in [0.15, 0.2) is 0 Å². The molecule has 5 heteroatoms. The highest BCUT2D eigenvalue weighted by Crippen LogP contribution is 2.16. The molecule has 1 amide bonds. The van der Waals surface area contributed by atoms with Crippen LogP contribution in [0.1, 0.15) is 34.6 Å². The Labute approximate surface area is 116 Å². The highest BCUT2D eigenvalue weighted by Gasteiger charge is 2.34. The molecule has 19 heavy (non-hydrogen) atoms. The van der Waals surface area contributed by atoms with Crippen molar-refractivity contribution in [2.24, 2.45) is 5.92 Å². The van der Waals surface area contributed by atoms with Crippen molar-refractivity contribution in [3.05, 3.63) is 0 Å². The minimum Gasteiger partial charge on any atom is -0.444 e. The Kier molecular flexibility index (Phi) is 5.62. The third-order valence-corrected chi connectivity index (χ3v) is 3.13. The molecule has 0 bridgehead atoms. The van der Waals surface area contributed by atoms with Crippen LogP contribution < -0.4 is 5.32 Å². The van der Waals surface area contributed by atoms with Gasteiger partial charge in [-0.3, -0.25) is 0 Å². The van der Waals surface area contributed by atoms with Crippen LogP contribution in [0.3, 0.4) is 0 Å². The van der Waals surface area contributed by atoms with Gasteiger partial charge in [-0.15, -0.1) is 0 Å². The van der Waals surface area contributed by atoms with Gasteiger partial charge in [0.05, 0.1) is 6.61 Å². The lowest BCUT2D eigenvalue weighted by Gasteiger charge is -2.42. The minimum atomic E-state index is -0.424. The maximum Gasteiger partial charge on any atom is 0.410 e. The summed E-state index contributed by atoms with van der Waals surface area (Å²) in [5, 5.41) is 3.53. The Morgan fingerprint density at radius 1 is 1.37 bits per heavy atom. The Balaban J connectivity index is 2.31. The summed E-state index contributed by atoms with van der Waals surface area (Å²) >= 11 is 0. The van der Waals surface area contributed by atoms with Crippen molar-refractivity contribution in [3.8, 4) is 0 Å². The van der Waals surface area contributed by atoms with E-state index in [0.29, 0.717) is 37.7 Å². The number of likely N-dealkylation sites (tertiary alicyclic amines) is 1. The summed E-state index contributed by atoms with van der Waals surface area (Å²) in [6, 6.07) is 0.672. The number of carbonyl (C=O) groups is 1. The van der Waals surface area contributed by atoms with E-state index in [-0.39, 0.29) is 6.09 Å². The second kappa shape index (κ2) is 6.57. The predicted molar refractivity (Wildman–Crippen MR) is 75.2 cm³/mol. The minimum absolute atomic E-state index is 0.224. The van der Waals surface area contributed by atoms with Gasteiger partial charge >= 0.3 is 6.09 Å². The first-order chi connectivity index (χ1) is 8.73. The Hall–Kier alpha value is -0.810. The van der Waals surface area contributed by atoms with E-state index in [1.165, 1.54) is 0 Å². The van der Waals surface area contributed by atoms with Crippen LogP contribution in [0.4, 0.5) is 4.79 Å². The van der Waals surface area contributed by atoms with E-state index in [2.05, 4.69) is 19.2 Å². The predicted octanol–water partition coefficient (Wildman–Crippen LogP) is 1.87. The fourth-order valence-corrected chi connectivity index (χ4v) is 1.97. The average Bonchev–Trinajstić information content (AvgIpc) is 2.17. The molecule has 0 saturated carbocycles. The first kappa shape index (κ1) is 16.2. The van der Waals surface area contributed by atoms with Gasteiger partial charge in [0.2, 0.25) is 0 Å². The highest BCUT2D eigenvalue weighted by molar-refractivity contribution is 5.69. The summed E-state index contributed by atoms with van der Waals surface area (Å²) in [4.78, 5) is 13.5. The van der Waals surface area contributed by atoms with Crippen LogP contribution in [0.5, 0.6) is 0 Å². The molecule has 1 atom stereocenters. The van der Waals surface area contributed by atoms with Crippen LogP contribution in [0.25, 0.3) is 0 Å². The molecule has 0 aromatic rings. The van der Waals surface area contributed by atoms with Gasteiger partial charge in [0.25, 0.3) is 0 Å². The molecule has 1 rings (SSSR count). The summed E-state index contributed by atoms with van der Waals surface area (Å²) in [6.07, 6.45) is -0.224. The van der Waals surface area contributed by atoms with Crippen molar-refractivity contribution in [3.63, 3.8) is 0 Å². The fourth-order valence-electron chi connectivity index (χ4n) is 1.97. The van der Waals surface area contributed by atoms with Crippen LogP contribution in [-0.4, -0.2) is 55.5 Å². The lowest BCUT2D eigenvalue weighted by atomic mass is 10.0. The maximum atomic E-state index is 11.8. The fraction of sp³-hybridized carbons (Fsp3) is 0.929. The van der Waals surface area contributed by atoms with E-state index < -0.39 is 5.60 Å². The first-order valence-corrected chi connectivity index (χ1v) is 6.96. The molecule has 1 saturated heterocycles. The molecule has 0 spiro atoms. The quantitative estimate of drug-likeness (QED) is 0.830. The number of hydrogen-bond donors (Lipinski definition) is 1. The lowest BCUT2D eigenvalue weighted by molar-refractivity contribution is 0.00187. The van der Waals surface area contributed by atoms with E-state index in [4.69, 9.17) is 9.47 Å². The zero-order valence-corrected chi connectivity index (χ0v) is 13.0. The van der Waals surface area contributed by atoms with Gasteiger partial charge in [0.15, 0.2) is 0 Å². The molecule has 1 aliphatic rings. The molecular weight excluding hydrogens is 244 g/mol. The molecule has 1 aliphatic heterocycles. The molecule has 1 N–H and O–H groups in total. The van der Waals surface area contributed by atoms with E-state index >= 15 is 0 Å². The van der Waals surface area contributed by atoms with Crippen molar-refractivity contribution in [1.29, 1.82) is 0 Å². The zero-order chi connectivity index (χ0) is 14.6. The Morgan fingerprint density at radius 2 is 1.95 bits per heavy atom. The van der Waals surface area contributed by atoms with Gasteiger partial charge in [-0.25, -0.2) is 4.79 Å². The van der Waals surface area contributed by atoms with Gasteiger partial charge in [-0.2, -0.15) is 0 Å². The molecule has 1 unspecified atom stereocenters. The molecule has 5 nitrogen and oxygen atoms in total. The van der Waals surface area contributed by atoms with E-state index in [9.17, 15) is 4.79 Å². The molecule has 0 aliphatic carbocycles. The smallest absolute Gasteiger partial charge is 0.410 e. The zero-order valence-electron chi connectivity index (χ0n) is 13.0. The van der Waals surface area contributed by atoms with E-state index in [1.807, 2.05) is 20.8 Å². The Bertz CT molecular complexity index is 294. The maximum absolute atomic E-state index is 11.8. The number of methoxy groups -OCH3 is 1. The summed E-state index contributed by atoms with van der Waals surface area (Å²) in [6.45, 7) is 12.1. The summed E-state index contributed by atoms with van der Waals surface area (Å²) < 4.78 is 10.5. The summed E-state index contributed by atoms with van der Waals surface area (Å²) in [5.74, 6) is 0.510. The molecule has 0 aromatic carbocycles. The van der Waals surface area contributed by atoms with Crippen molar-refractivity contribution in [2.45, 2.75) is 52.3 Å². The lowest BCUT2D eigenvalue weighted by Crippen LogP contribution is -2.63. The Morgan fingerprint density at radius 3 is 2.37 bits per heavy atom. The monoisotopic (exact) mass is 272 g/mol. The number of rotatable bonds is 5. The summed E-state index contributed by atoms with van der Waals surface area (Å²) in [7, 11) is 1.71. The second-order valence-corrected chi connectivity index (χ2v) is 6.55. The van der Waals surface area contributed by atoms with Crippen molar-refractivity contribution in [1.82, 2.24) is 10.2 Å². The van der Waals surface area contributed by atoms with E-state index in [0.717, 1.165) is 0 Å². The average molecular weight is 272 g/mol. The number of hydrogen-bond acceptors (Lipinski definition) is 4. The van der Waals surface area contributed by atoms with Crippen LogP contribution >= 0.6 is 0 Å². The topological polar surface area (TPSA) is 50.8 Å². The highest BCUT2D eigenvalue weighted by atomic mass is 16.6. The van der Waals surface area contributed by atoms with Crippen LogP contribution in [0, 0.1) is 5.92 Å². The molecule has 1 fully saturated rings. The summed E-state index contributed by atoms with van der Waals surface area (Å²) in [5.41, 5.74) is -0.424. The normalized spacial score (nSPS) is 18.4. The first-order valence-electron chi connectivity index (χ1n) is 6.96. The van der Waals surface area contributed by atoms with Gasteiger partial charge in [-0.05, 0) is 26.7 Å². The largest absolute Gasteiger partial charge is 0.444 e. The van der Waals surface area contributed by atoms with Crippen molar-refractivity contribution >= 4 is 6.09 Å². The van der Waals surface area contributed by atoms with Gasteiger partial charge in [-0.1, -0.05) is 13.8 Å². The number of ether oxygens (including phenoxy) is 2.